The van der Waals surface area contributed by atoms with Gasteiger partial charge in [0.25, 0.3) is 0 Å². The predicted octanol–water partition coefficient (Wildman–Crippen LogP) is 1.72. The van der Waals surface area contributed by atoms with Crippen LogP contribution in [0.15, 0.2) is 12.5 Å². The number of aromatic nitrogens is 3. The Kier molecular flexibility index (Phi) is 8.44. The van der Waals surface area contributed by atoms with Gasteiger partial charge in [0, 0.05) is 25.7 Å². The number of ether oxygens (including phenoxy) is 1. The van der Waals surface area contributed by atoms with E-state index < -0.39 is 0 Å². The van der Waals surface area contributed by atoms with Crippen molar-refractivity contribution in [3.63, 3.8) is 0 Å². The van der Waals surface area contributed by atoms with Crippen LogP contribution in [0.1, 0.15) is 33.3 Å². The summed E-state index contributed by atoms with van der Waals surface area (Å²) in [4.78, 5) is 19.5. The summed E-state index contributed by atoms with van der Waals surface area (Å²) >= 11 is 0. The number of nitrogen functional groups attached to an aromatic ring is 1. The Morgan fingerprint density at radius 3 is 2.80 bits per heavy atom. The highest BCUT2D eigenvalue weighted by Gasteiger charge is 2.09. The molecule has 0 radical (unpaired) electrons. The average Bonchev–Trinajstić information content (AvgIpc) is 2.93. The van der Waals surface area contributed by atoms with E-state index in [9.17, 15) is 4.79 Å². The molecule has 2 aromatic heterocycles. The van der Waals surface area contributed by atoms with Gasteiger partial charge in [-0.05, 0) is 0 Å². The molecule has 1 amide bonds. The summed E-state index contributed by atoms with van der Waals surface area (Å²) in [7, 11) is 1.88. The van der Waals surface area contributed by atoms with Crippen molar-refractivity contribution in [2.75, 3.05) is 25.5 Å². The number of nitrogens with zero attached hydrogens (tertiary/aromatic N) is 3. The fourth-order valence-electron chi connectivity index (χ4n) is 2.03. The van der Waals surface area contributed by atoms with Gasteiger partial charge in [0.2, 0.25) is 5.91 Å². The molecule has 0 aliphatic rings. The number of anilines is 1. The Morgan fingerprint density at radius 1 is 1.40 bits per heavy atom. The van der Waals surface area contributed by atoms with E-state index in [2.05, 4.69) is 27.1 Å². The highest BCUT2D eigenvalue weighted by atomic mass is 16.5. The lowest BCUT2D eigenvalue weighted by molar-refractivity contribution is -0.124. The molecule has 0 saturated carbocycles. The molecule has 0 aliphatic carbocycles. The maximum atomic E-state index is 11.4. The maximum Gasteiger partial charge on any atom is 0.222 e. The van der Waals surface area contributed by atoms with Crippen LogP contribution < -0.4 is 11.1 Å². The van der Waals surface area contributed by atoms with Crippen molar-refractivity contribution in [3.05, 3.63) is 18.1 Å². The zero-order valence-electron chi connectivity index (χ0n) is 15.6. The Morgan fingerprint density at radius 2 is 2.12 bits per heavy atom. The van der Waals surface area contributed by atoms with Crippen molar-refractivity contribution in [2.24, 2.45) is 13.0 Å². The predicted molar refractivity (Wildman–Crippen MR) is 99.8 cm³/mol. The summed E-state index contributed by atoms with van der Waals surface area (Å²) in [5, 5.41) is 3.53. The summed E-state index contributed by atoms with van der Waals surface area (Å²) in [6.07, 6.45) is 3.30. The number of hydrogen-bond acceptors (Lipinski definition) is 5. The van der Waals surface area contributed by atoms with Crippen molar-refractivity contribution in [3.8, 4) is 11.8 Å². The molecule has 7 heteroatoms. The minimum atomic E-state index is -0.0196. The Balaban J connectivity index is 0.00000151. The lowest BCUT2D eigenvalue weighted by Gasteiger charge is -2.06. The fourth-order valence-corrected chi connectivity index (χ4v) is 2.03. The summed E-state index contributed by atoms with van der Waals surface area (Å²) < 4.78 is 7.24. The molecular weight excluding hydrogens is 318 g/mol. The van der Waals surface area contributed by atoms with E-state index in [4.69, 9.17) is 10.5 Å². The van der Waals surface area contributed by atoms with Crippen LogP contribution in [0.25, 0.3) is 11.0 Å². The number of carbonyl (C=O) groups excluding carboxylic acids is 1. The van der Waals surface area contributed by atoms with Crippen LogP contribution in [0.4, 0.5) is 5.82 Å². The molecule has 7 nitrogen and oxygen atoms in total. The van der Waals surface area contributed by atoms with Gasteiger partial charge in [0.15, 0.2) is 0 Å². The van der Waals surface area contributed by atoms with Gasteiger partial charge in [-0.2, -0.15) is 0 Å². The molecule has 0 saturated heterocycles. The number of amides is 1. The third-order valence-electron chi connectivity index (χ3n) is 3.25. The molecule has 25 heavy (non-hydrogen) atoms. The zero-order chi connectivity index (χ0) is 18.8. The third kappa shape index (κ3) is 5.76. The van der Waals surface area contributed by atoms with Gasteiger partial charge in [0.1, 0.15) is 24.4 Å². The SMILES string of the molecule is CC.CC(C)C(=O)NCCOCC#Cc1cn(C)c2ncnc(N)c12. The standard InChI is InChI=1S/C16H21N5O2.C2H6/c1-11(2)16(22)18-6-8-23-7-4-5-12-9-21(3)15-13(12)14(17)19-10-20-15;1-2/h9-11H,6-8H2,1-3H3,(H,18,22)(H2,17,19,20);1-2H3. The molecular formula is C18H27N5O2. The second kappa shape index (κ2) is 10.3. The Labute approximate surface area is 149 Å². The molecule has 0 spiro atoms. The topological polar surface area (TPSA) is 95.1 Å². The molecule has 0 aliphatic heterocycles. The molecule has 0 aromatic carbocycles. The van der Waals surface area contributed by atoms with Gasteiger partial charge in [-0.1, -0.05) is 39.5 Å². The Hall–Kier alpha value is -2.59. The molecule has 136 valence electrons. The summed E-state index contributed by atoms with van der Waals surface area (Å²) in [5.74, 6) is 6.37. The molecule has 2 aromatic rings. The van der Waals surface area contributed by atoms with Crippen molar-refractivity contribution in [1.29, 1.82) is 0 Å². The summed E-state index contributed by atoms with van der Waals surface area (Å²) in [5.41, 5.74) is 7.41. The second-order valence-electron chi connectivity index (χ2n) is 5.41. The van der Waals surface area contributed by atoms with Crippen LogP contribution in [-0.4, -0.2) is 40.2 Å². The summed E-state index contributed by atoms with van der Waals surface area (Å²) in [6, 6.07) is 0. The van der Waals surface area contributed by atoms with Crippen molar-refractivity contribution in [2.45, 2.75) is 27.7 Å². The number of carbonyl (C=O) groups is 1. The van der Waals surface area contributed by atoms with Gasteiger partial charge in [0.05, 0.1) is 17.6 Å². The minimum Gasteiger partial charge on any atom is -0.383 e. The first kappa shape index (κ1) is 20.5. The van der Waals surface area contributed by atoms with Crippen LogP contribution in [0, 0.1) is 17.8 Å². The summed E-state index contributed by atoms with van der Waals surface area (Å²) in [6.45, 7) is 8.88. The molecule has 0 bridgehead atoms. The molecule has 0 fully saturated rings. The quantitative estimate of drug-likeness (QED) is 0.635. The number of aryl methyl sites for hydroxylation is 1. The average molecular weight is 345 g/mol. The smallest absolute Gasteiger partial charge is 0.222 e. The highest BCUT2D eigenvalue weighted by molar-refractivity contribution is 5.92. The lowest BCUT2D eigenvalue weighted by atomic mass is 10.2. The zero-order valence-corrected chi connectivity index (χ0v) is 15.6. The number of rotatable bonds is 5. The van der Waals surface area contributed by atoms with Crippen molar-refractivity contribution in [1.82, 2.24) is 19.9 Å². The molecule has 2 rings (SSSR count). The van der Waals surface area contributed by atoms with Gasteiger partial charge < -0.3 is 20.4 Å². The first-order valence-electron chi connectivity index (χ1n) is 8.40. The third-order valence-corrected chi connectivity index (χ3v) is 3.25. The number of hydrogen-bond donors (Lipinski definition) is 2. The maximum absolute atomic E-state index is 11.4. The Bertz CT molecular complexity index is 756. The van der Waals surface area contributed by atoms with E-state index >= 15 is 0 Å². The van der Waals surface area contributed by atoms with Gasteiger partial charge in [-0.3, -0.25) is 4.79 Å². The van der Waals surface area contributed by atoms with Crippen molar-refractivity contribution >= 4 is 22.8 Å². The van der Waals surface area contributed by atoms with Crippen LogP contribution in [0.3, 0.4) is 0 Å². The van der Waals surface area contributed by atoms with Crippen LogP contribution >= 0.6 is 0 Å². The molecule has 0 atom stereocenters. The van der Waals surface area contributed by atoms with E-state index in [-0.39, 0.29) is 18.4 Å². The molecule has 2 heterocycles. The number of fused-ring (bicyclic) bond motifs is 1. The fraction of sp³-hybridized carbons (Fsp3) is 0.500. The first-order chi connectivity index (χ1) is 12.0. The largest absolute Gasteiger partial charge is 0.383 e. The number of nitrogens with two attached hydrogens (primary N) is 1. The van der Waals surface area contributed by atoms with Gasteiger partial charge in [-0.15, -0.1) is 0 Å². The van der Waals surface area contributed by atoms with E-state index in [1.807, 2.05) is 45.5 Å². The van der Waals surface area contributed by atoms with Crippen molar-refractivity contribution < 1.29 is 9.53 Å². The van der Waals surface area contributed by atoms with E-state index in [0.29, 0.717) is 19.0 Å². The second-order valence-corrected chi connectivity index (χ2v) is 5.41. The highest BCUT2D eigenvalue weighted by Crippen LogP contribution is 2.21. The van der Waals surface area contributed by atoms with Crippen LogP contribution in [0.5, 0.6) is 0 Å². The van der Waals surface area contributed by atoms with Gasteiger partial charge in [-0.25, -0.2) is 9.97 Å². The van der Waals surface area contributed by atoms with Crippen LogP contribution in [0.2, 0.25) is 0 Å². The molecule has 0 unspecified atom stereocenters. The minimum absolute atomic E-state index is 0.0194. The lowest BCUT2D eigenvalue weighted by Crippen LogP contribution is -2.30. The van der Waals surface area contributed by atoms with Gasteiger partial charge >= 0.3 is 0 Å². The first-order valence-corrected chi connectivity index (χ1v) is 8.40. The monoisotopic (exact) mass is 345 g/mol. The van der Waals surface area contributed by atoms with E-state index in [0.717, 1.165) is 16.6 Å². The number of nitrogens with one attached hydrogen (secondary N) is 1. The normalized spacial score (nSPS) is 10.0. The molecule has 3 N–H and O–H groups in total. The van der Waals surface area contributed by atoms with E-state index in [1.54, 1.807) is 0 Å². The van der Waals surface area contributed by atoms with Crippen LogP contribution in [-0.2, 0) is 16.6 Å². The van der Waals surface area contributed by atoms with E-state index in [1.165, 1.54) is 6.33 Å².